The summed E-state index contributed by atoms with van der Waals surface area (Å²) in [7, 11) is -4.94. The van der Waals surface area contributed by atoms with Gasteiger partial charge >= 0.3 is 3.98 Å². The molecule has 1 aliphatic heterocycles. The third kappa shape index (κ3) is 7.10. The summed E-state index contributed by atoms with van der Waals surface area (Å²) in [6, 6.07) is 0. The smallest absolute Gasteiger partial charge is 0.222 e. The van der Waals surface area contributed by atoms with E-state index in [0.29, 0.717) is 0 Å². The van der Waals surface area contributed by atoms with Gasteiger partial charge in [-0.05, 0) is 5.92 Å². The summed E-state index contributed by atoms with van der Waals surface area (Å²) in [5.74, 6) is 0.936. The zero-order valence-electron chi connectivity index (χ0n) is 9.34. The molecule has 8 heteroatoms. The highest BCUT2D eigenvalue weighted by molar-refractivity contribution is 7.24. The highest BCUT2D eigenvalue weighted by Crippen LogP contribution is 2.11. The maximum Gasteiger partial charge on any atom is 0.313 e. The fraction of sp³-hybridized carbons (Fsp3) is 0.667. The first-order chi connectivity index (χ1) is 7.86. The van der Waals surface area contributed by atoms with Crippen molar-refractivity contribution in [2.24, 2.45) is 5.92 Å². The molecule has 0 aliphatic carbocycles. The number of nitrogens with zero attached hydrogens (tertiary/aromatic N) is 1. The van der Waals surface area contributed by atoms with Gasteiger partial charge in [0.1, 0.15) is 13.1 Å². The molecule has 0 atom stereocenters. The Labute approximate surface area is 110 Å². The van der Waals surface area contributed by atoms with Gasteiger partial charge in [0.2, 0.25) is 0 Å². The third-order valence-corrected chi connectivity index (χ3v) is 4.65. The summed E-state index contributed by atoms with van der Waals surface area (Å²) in [4.78, 5) is 0. The zero-order valence-corrected chi connectivity index (χ0v) is 11.7. The van der Waals surface area contributed by atoms with E-state index in [0.717, 1.165) is 5.92 Å². The lowest BCUT2D eigenvalue weighted by molar-refractivity contribution is -2.00. The van der Waals surface area contributed by atoms with Gasteiger partial charge in [0.05, 0.1) is 0 Å². The highest BCUT2D eigenvalue weighted by atomic mass is 35.7. The second-order valence-corrected chi connectivity index (χ2v) is 6.62. The average Bonchev–Trinajstić information content (AvgIpc) is 2.69. The van der Waals surface area contributed by atoms with Crippen molar-refractivity contribution in [3.05, 3.63) is 14.7 Å². The molecule has 0 radical (unpaired) electrons. The Hall–Kier alpha value is -0.0200. The van der Waals surface area contributed by atoms with Gasteiger partial charge < -0.3 is 0 Å². The first kappa shape index (κ1) is 15.0. The van der Waals surface area contributed by atoms with Gasteiger partial charge in [0.15, 0.2) is 0 Å². The Morgan fingerprint density at radius 1 is 1.12 bits per heavy atom. The molecule has 0 N–H and O–H groups in total. The number of hydrogen-bond donors (Lipinski definition) is 0. The molecule has 0 aromatic carbocycles. The minimum atomic E-state index is -4.94. The molecule has 1 aromatic rings. The van der Waals surface area contributed by atoms with Crippen LogP contribution in [0.1, 0.15) is 19.8 Å². The molecular weight excluding hydrogens is 286 g/mol. The van der Waals surface area contributed by atoms with E-state index in [2.05, 4.69) is 22.3 Å². The van der Waals surface area contributed by atoms with Gasteiger partial charge in [-0.15, -0.1) is 10.2 Å². The van der Waals surface area contributed by atoms with E-state index in [-0.39, 0.29) is 0 Å². The van der Waals surface area contributed by atoms with E-state index < -0.39 is 10.2 Å². The molecule has 1 aromatic heterocycles. The second kappa shape index (κ2) is 6.79. The van der Waals surface area contributed by atoms with Crippen LogP contribution in [0, 0.1) is 16.2 Å². The summed E-state index contributed by atoms with van der Waals surface area (Å²) in [5.41, 5.74) is 0. The first-order valence-corrected chi connectivity index (χ1v) is 8.07. The quantitative estimate of drug-likeness (QED) is 0.485. The van der Waals surface area contributed by atoms with E-state index in [4.69, 9.17) is 18.6 Å². The normalized spacial score (nSPS) is 20.8. The summed E-state index contributed by atoms with van der Waals surface area (Å²) < 4.78 is 38.0. The van der Waals surface area contributed by atoms with Crippen LogP contribution in [0.5, 0.6) is 0 Å². The lowest BCUT2D eigenvalue weighted by Gasteiger charge is -2.17. The lowest BCUT2D eigenvalue weighted by atomic mass is 10.0. The van der Waals surface area contributed by atoms with Crippen LogP contribution in [-0.4, -0.2) is 13.1 Å². The summed E-state index contributed by atoms with van der Waals surface area (Å²) in [5, 5.41) is 4.36. The molecule has 1 aliphatic rings. The predicted molar refractivity (Wildman–Crippen MR) is 55.6 cm³/mol. The van der Waals surface area contributed by atoms with Crippen LogP contribution >= 0.6 is 22.7 Å². The monoisotopic (exact) mass is 299 g/mol. The van der Waals surface area contributed by atoms with Gasteiger partial charge in [0.25, 0.3) is 0 Å². The van der Waals surface area contributed by atoms with Crippen LogP contribution < -0.4 is 27.2 Å². The van der Waals surface area contributed by atoms with Gasteiger partial charge in [0, 0.05) is 23.6 Å². The van der Waals surface area contributed by atoms with Gasteiger partial charge in [-0.3, -0.25) is 0 Å². The van der Waals surface area contributed by atoms with Gasteiger partial charge in [-0.2, -0.15) is 0 Å². The Morgan fingerprint density at radius 2 is 1.53 bits per heavy atom. The third-order valence-electron chi connectivity index (χ3n) is 2.44. The molecule has 0 unspecified atom stereocenters. The van der Waals surface area contributed by atoms with Crippen molar-refractivity contribution in [1.82, 2.24) is 4.58 Å². The standard InChI is InChI=1S/C9H14NS2.ClHO4/c1-8-2-4-10(5-3-8)9-11-6-7-12-9;2-1(3,4)5/h6-8H,2-5H2,1H3;(H,2,3,4,5)/q+1;/p-1. The van der Waals surface area contributed by atoms with Crippen molar-refractivity contribution in [2.45, 2.75) is 19.8 Å². The van der Waals surface area contributed by atoms with Gasteiger partial charge in [-0.1, -0.05) is 29.6 Å². The SMILES string of the molecule is CC1CC[N+](=c2sccs2)CC1.[O-][Cl+3]([O-])([O-])[O-]. The second-order valence-electron chi connectivity index (χ2n) is 3.82. The Morgan fingerprint density at radius 3 is 1.94 bits per heavy atom. The molecule has 0 amide bonds. The molecule has 0 saturated carbocycles. The van der Waals surface area contributed by atoms with E-state index in [1.54, 1.807) is 0 Å². The summed E-state index contributed by atoms with van der Waals surface area (Å²) in [6.07, 6.45) is 2.73. The molecule has 5 nitrogen and oxygen atoms in total. The maximum atomic E-state index is 8.49. The van der Waals surface area contributed by atoms with Crippen molar-refractivity contribution < 1.29 is 28.9 Å². The molecule has 0 spiro atoms. The fourth-order valence-corrected chi connectivity index (χ4v) is 3.44. The van der Waals surface area contributed by atoms with Crippen LogP contribution in [0.4, 0.5) is 0 Å². The van der Waals surface area contributed by atoms with Crippen LogP contribution in [0.25, 0.3) is 0 Å². The lowest BCUT2D eigenvalue weighted by Crippen LogP contribution is -2.68. The largest absolute Gasteiger partial charge is 0.313 e. The molecule has 0 bridgehead atoms. The molecule has 98 valence electrons. The van der Waals surface area contributed by atoms with Crippen molar-refractivity contribution in [3.63, 3.8) is 0 Å². The van der Waals surface area contributed by atoms with E-state index in [1.165, 1.54) is 29.9 Å². The molecule has 2 rings (SSSR count). The van der Waals surface area contributed by atoms with Crippen LogP contribution in [0.3, 0.4) is 0 Å². The Bertz CT molecular complexity index is 365. The van der Waals surface area contributed by atoms with Gasteiger partial charge in [-0.25, -0.2) is 23.2 Å². The summed E-state index contributed by atoms with van der Waals surface area (Å²) in [6.45, 7) is 4.88. The molecule has 17 heavy (non-hydrogen) atoms. The number of piperidine rings is 1. The van der Waals surface area contributed by atoms with Crippen LogP contribution in [-0.2, 0) is 0 Å². The first-order valence-electron chi connectivity index (χ1n) is 5.08. The van der Waals surface area contributed by atoms with E-state index in [9.17, 15) is 0 Å². The van der Waals surface area contributed by atoms with Crippen LogP contribution in [0.2, 0.25) is 0 Å². The molecule has 2 heterocycles. The Kier molecular flexibility index (Phi) is 6.01. The fourth-order valence-electron chi connectivity index (χ4n) is 1.54. The topological polar surface area (TPSA) is 95.2 Å². The average molecular weight is 300 g/mol. The number of hydrogen-bond acceptors (Lipinski definition) is 6. The van der Waals surface area contributed by atoms with E-state index in [1.807, 2.05) is 22.7 Å². The summed E-state index contributed by atoms with van der Waals surface area (Å²) >= 11 is 3.75. The molecule has 1 fully saturated rings. The molecular formula is C9H14ClNO4S2. The van der Waals surface area contributed by atoms with Crippen molar-refractivity contribution in [1.29, 1.82) is 0 Å². The minimum absolute atomic E-state index is 0.936. The minimum Gasteiger partial charge on any atom is -0.222 e. The number of rotatable bonds is 0. The molecule has 1 saturated heterocycles. The van der Waals surface area contributed by atoms with Crippen molar-refractivity contribution in [2.75, 3.05) is 13.1 Å². The zero-order chi connectivity index (χ0) is 12.9. The van der Waals surface area contributed by atoms with E-state index >= 15 is 0 Å². The highest BCUT2D eigenvalue weighted by Gasteiger charge is 2.17. The van der Waals surface area contributed by atoms with Crippen LogP contribution in [0.15, 0.2) is 10.8 Å². The Balaban J connectivity index is 0.000000249. The van der Waals surface area contributed by atoms with Crippen molar-refractivity contribution in [3.8, 4) is 0 Å². The number of halogens is 1. The van der Waals surface area contributed by atoms with Crippen molar-refractivity contribution >= 4 is 22.7 Å². The maximum absolute atomic E-state index is 8.49. The predicted octanol–water partition coefficient (Wildman–Crippen LogP) is -2.74.